The van der Waals surface area contributed by atoms with Gasteiger partial charge in [0.15, 0.2) is 0 Å². The number of carbonyl (C=O) groups excluding carboxylic acids is 1. The van der Waals surface area contributed by atoms with Gasteiger partial charge in [0.05, 0.1) is 18.2 Å². The van der Waals surface area contributed by atoms with Crippen molar-refractivity contribution in [1.82, 2.24) is 4.90 Å². The Balaban J connectivity index is 1.65. The average molecular weight is 555 g/mol. The Morgan fingerprint density at radius 3 is 2.12 bits per heavy atom. The van der Waals surface area contributed by atoms with E-state index in [9.17, 15) is 4.79 Å². The molecule has 4 atom stereocenters. The van der Waals surface area contributed by atoms with Gasteiger partial charge in [-0.1, -0.05) is 114 Å². The van der Waals surface area contributed by atoms with Crippen molar-refractivity contribution in [2.75, 3.05) is 0 Å². The van der Waals surface area contributed by atoms with Gasteiger partial charge in [-0.2, -0.15) is 0 Å². The quantitative estimate of drug-likeness (QED) is 0.234. The molecule has 0 aliphatic carbocycles. The largest absolute Gasteiger partial charge is 0.445 e. The molecule has 1 amide bonds. The highest BCUT2D eigenvalue weighted by molar-refractivity contribution is 14.1. The van der Waals surface area contributed by atoms with Crippen molar-refractivity contribution in [1.29, 1.82) is 0 Å². The zero-order chi connectivity index (χ0) is 23.0. The lowest BCUT2D eigenvalue weighted by Gasteiger charge is -2.41. The van der Waals surface area contributed by atoms with Crippen molar-refractivity contribution in [2.24, 2.45) is 0 Å². The Hall–Kier alpha value is -2.38. The molecule has 3 aromatic rings. The molecule has 5 heteroatoms. The maximum atomic E-state index is 13.6. The van der Waals surface area contributed by atoms with Crippen LogP contribution in [0.2, 0.25) is 0 Å². The minimum Gasteiger partial charge on any atom is -0.445 e. The summed E-state index contributed by atoms with van der Waals surface area (Å²) in [7, 11) is 0. The smallest absolute Gasteiger partial charge is 0.411 e. The summed E-state index contributed by atoms with van der Waals surface area (Å²) in [4.78, 5) is 15.4. The fourth-order valence-electron chi connectivity index (χ4n) is 4.32. The number of hydrogen-bond donors (Lipinski definition) is 0. The van der Waals surface area contributed by atoms with Crippen molar-refractivity contribution in [2.45, 2.75) is 55.1 Å². The molecule has 1 aliphatic heterocycles. The number of nitrogens with zero attached hydrogens (tertiary/aromatic N) is 1. The first-order chi connectivity index (χ1) is 16.1. The molecule has 1 heterocycles. The van der Waals surface area contributed by atoms with Crippen LogP contribution in [-0.2, 0) is 22.6 Å². The van der Waals surface area contributed by atoms with Crippen LogP contribution in [0.3, 0.4) is 0 Å². The van der Waals surface area contributed by atoms with Crippen LogP contribution in [0, 0.1) is 0 Å². The zero-order valence-electron chi connectivity index (χ0n) is 18.8. The molecular weight excluding hydrogens is 525 g/mol. The SMILES string of the molecule is CC1OC(C(c2ccccc2)N(Cc2ccccc2)C(=O)OCc2ccccc2)CCC1I. The van der Waals surface area contributed by atoms with E-state index in [4.69, 9.17) is 9.47 Å². The molecule has 0 N–H and O–H groups in total. The Labute approximate surface area is 210 Å². The van der Waals surface area contributed by atoms with E-state index in [-0.39, 0.29) is 30.9 Å². The van der Waals surface area contributed by atoms with Crippen LogP contribution in [0.15, 0.2) is 91.0 Å². The second-order valence-electron chi connectivity index (χ2n) is 8.48. The lowest BCUT2D eigenvalue weighted by Crippen LogP contribution is -2.45. The van der Waals surface area contributed by atoms with Gasteiger partial charge < -0.3 is 9.47 Å². The van der Waals surface area contributed by atoms with E-state index in [1.807, 2.05) is 83.8 Å². The summed E-state index contributed by atoms with van der Waals surface area (Å²) in [5.74, 6) is 0. The standard InChI is InChI=1S/C28H30INO3/c1-21-25(29)17-18-26(33-21)27(24-15-9-4-10-16-24)30(19-22-11-5-2-6-12-22)28(31)32-20-23-13-7-3-8-14-23/h2-16,21,25-27H,17-20H2,1H3. The summed E-state index contributed by atoms with van der Waals surface area (Å²) < 4.78 is 12.8. The number of hydrogen-bond acceptors (Lipinski definition) is 3. The first kappa shape index (κ1) is 23.8. The summed E-state index contributed by atoms with van der Waals surface area (Å²) in [5, 5.41) is 0. The van der Waals surface area contributed by atoms with Crippen LogP contribution in [-0.4, -0.2) is 27.1 Å². The number of carbonyl (C=O) groups is 1. The molecule has 0 saturated carbocycles. The van der Waals surface area contributed by atoms with Crippen LogP contribution in [0.5, 0.6) is 0 Å². The second kappa shape index (κ2) is 11.7. The highest BCUT2D eigenvalue weighted by Crippen LogP contribution is 2.37. The first-order valence-electron chi connectivity index (χ1n) is 11.5. The molecular formula is C28H30INO3. The van der Waals surface area contributed by atoms with E-state index < -0.39 is 0 Å². The molecule has 0 bridgehead atoms. The van der Waals surface area contributed by atoms with Gasteiger partial charge in [-0.15, -0.1) is 0 Å². The van der Waals surface area contributed by atoms with E-state index in [1.54, 1.807) is 0 Å². The minimum atomic E-state index is -0.329. The molecule has 0 aromatic heterocycles. The fourth-order valence-corrected chi connectivity index (χ4v) is 4.85. The molecule has 1 saturated heterocycles. The normalized spacial score (nSPS) is 21.2. The van der Waals surface area contributed by atoms with E-state index in [1.165, 1.54) is 0 Å². The third kappa shape index (κ3) is 6.36. The second-order valence-corrected chi connectivity index (χ2v) is 10.1. The predicted molar refractivity (Wildman–Crippen MR) is 139 cm³/mol. The number of amides is 1. The number of benzene rings is 3. The third-order valence-electron chi connectivity index (χ3n) is 6.09. The maximum Gasteiger partial charge on any atom is 0.411 e. The molecule has 172 valence electrons. The third-order valence-corrected chi connectivity index (χ3v) is 7.73. The Morgan fingerprint density at radius 2 is 1.52 bits per heavy atom. The van der Waals surface area contributed by atoms with E-state index >= 15 is 0 Å². The molecule has 0 spiro atoms. The van der Waals surface area contributed by atoms with Crippen LogP contribution in [0.1, 0.15) is 42.5 Å². The van der Waals surface area contributed by atoms with Crippen LogP contribution in [0.25, 0.3) is 0 Å². The molecule has 33 heavy (non-hydrogen) atoms. The van der Waals surface area contributed by atoms with Gasteiger partial charge in [0.2, 0.25) is 0 Å². The number of rotatable bonds is 7. The van der Waals surface area contributed by atoms with Gasteiger partial charge in [0, 0.05) is 10.5 Å². The monoisotopic (exact) mass is 555 g/mol. The van der Waals surface area contributed by atoms with Crippen LogP contribution >= 0.6 is 22.6 Å². The molecule has 0 radical (unpaired) electrons. The van der Waals surface area contributed by atoms with Gasteiger partial charge in [0.1, 0.15) is 6.61 Å². The number of halogens is 1. The van der Waals surface area contributed by atoms with Gasteiger partial charge in [-0.25, -0.2) is 4.79 Å². The van der Waals surface area contributed by atoms with Crippen molar-refractivity contribution in [3.05, 3.63) is 108 Å². The molecule has 3 aromatic carbocycles. The summed E-state index contributed by atoms with van der Waals surface area (Å²) >= 11 is 2.47. The van der Waals surface area contributed by atoms with Gasteiger partial charge in [-0.05, 0) is 36.5 Å². The summed E-state index contributed by atoms with van der Waals surface area (Å²) in [6, 6.07) is 29.9. The molecule has 1 fully saturated rings. The summed E-state index contributed by atoms with van der Waals surface area (Å²) in [6.07, 6.45) is 1.67. The summed E-state index contributed by atoms with van der Waals surface area (Å²) in [6.45, 7) is 2.82. The number of ether oxygens (including phenoxy) is 2. The lowest BCUT2D eigenvalue weighted by molar-refractivity contribution is -0.0773. The molecule has 4 unspecified atom stereocenters. The van der Waals surface area contributed by atoms with Crippen molar-refractivity contribution in [3.8, 4) is 0 Å². The van der Waals surface area contributed by atoms with E-state index in [2.05, 4.69) is 41.6 Å². The van der Waals surface area contributed by atoms with Gasteiger partial charge in [0.25, 0.3) is 0 Å². The number of alkyl halides is 1. The maximum absolute atomic E-state index is 13.6. The van der Waals surface area contributed by atoms with Crippen LogP contribution in [0.4, 0.5) is 4.79 Å². The molecule has 4 rings (SSSR count). The van der Waals surface area contributed by atoms with Crippen molar-refractivity contribution < 1.29 is 14.3 Å². The lowest BCUT2D eigenvalue weighted by atomic mass is 9.92. The van der Waals surface area contributed by atoms with Crippen LogP contribution < -0.4 is 0 Å². The highest BCUT2D eigenvalue weighted by atomic mass is 127. The zero-order valence-corrected chi connectivity index (χ0v) is 21.0. The van der Waals surface area contributed by atoms with Gasteiger partial charge >= 0.3 is 6.09 Å². The van der Waals surface area contributed by atoms with Crippen molar-refractivity contribution in [3.63, 3.8) is 0 Å². The van der Waals surface area contributed by atoms with E-state index in [0.717, 1.165) is 29.5 Å². The highest BCUT2D eigenvalue weighted by Gasteiger charge is 2.38. The topological polar surface area (TPSA) is 38.8 Å². The Kier molecular flexibility index (Phi) is 8.40. The average Bonchev–Trinajstić information content (AvgIpc) is 2.86. The fraction of sp³-hybridized carbons (Fsp3) is 0.321. The van der Waals surface area contributed by atoms with Crippen molar-refractivity contribution >= 4 is 28.7 Å². The molecule has 4 nitrogen and oxygen atoms in total. The van der Waals surface area contributed by atoms with E-state index in [0.29, 0.717) is 10.5 Å². The molecule has 1 aliphatic rings. The first-order valence-corrected chi connectivity index (χ1v) is 12.7. The Bertz CT molecular complexity index is 999. The predicted octanol–water partition coefficient (Wildman–Crippen LogP) is 6.94. The van der Waals surface area contributed by atoms with Gasteiger partial charge in [-0.3, -0.25) is 4.90 Å². The Morgan fingerprint density at radius 1 is 0.939 bits per heavy atom. The summed E-state index contributed by atoms with van der Waals surface area (Å²) in [5.41, 5.74) is 3.09. The minimum absolute atomic E-state index is 0.0959.